The molecule has 322 valence electrons. The van der Waals surface area contributed by atoms with E-state index in [0.29, 0.717) is 19.3 Å². The summed E-state index contributed by atoms with van der Waals surface area (Å²) in [5.41, 5.74) is 0. The fourth-order valence-electron chi connectivity index (χ4n) is 6.96. The van der Waals surface area contributed by atoms with Gasteiger partial charge in [0.2, 0.25) is 5.91 Å². The third kappa shape index (κ3) is 37.6. The van der Waals surface area contributed by atoms with E-state index >= 15 is 0 Å². The first-order valence-corrected chi connectivity index (χ1v) is 23.5. The number of aliphatic hydroxyl groups is 4. The SMILES string of the molecule is CCCCC/C=C/CC/C=C/CC/C=C/CCCC(O)C(O)C(CO)NC(=O)C(O)CCCCCCCCC/C=C\CCCCCCCCCCCCCC. The van der Waals surface area contributed by atoms with Gasteiger partial charge in [-0.15, -0.1) is 0 Å². The number of allylic oxidation sites excluding steroid dienone is 8. The van der Waals surface area contributed by atoms with Crippen molar-refractivity contribution in [2.75, 3.05) is 6.61 Å². The maximum atomic E-state index is 12.5. The summed E-state index contributed by atoms with van der Waals surface area (Å²) < 4.78 is 0. The molecule has 55 heavy (non-hydrogen) atoms. The number of carbonyl (C=O) groups excluding carboxylic acids is 1. The monoisotopic (exact) mass is 774 g/mol. The summed E-state index contributed by atoms with van der Waals surface area (Å²) in [6, 6.07) is -1.01. The molecule has 0 aromatic rings. The van der Waals surface area contributed by atoms with Gasteiger partial charge in [0.05, 0.1) is 18.8 Å². The van der Waals surface area contributed by atoms with Crippen LogP contribution in [-0.4, -0.2) is 57.3 Å². The summed E-state index contributed by atoms with van der Waals surface area (Å²) in [5, 5.41) is 43.7. The summed E-state index contributed by atoms with van der Waals surface area (Å²) >= 11 is 0. The number of aliphatic hydroxyl groups excluding tert-OH is 4. The Labute approximate surface area is 340 Å². The van der Waals surface area contributed by atoms with Crippen molar-refractivity contribution in [3.05, 3.63) is 48.6 Å². The van der Waals surface area contributed by atoms with Crippen molar-refractivity contribution in [2.24, 2.45) is 0 Å². The average Bonchev–Trinajstić information content (AvgIpc) is 3.19. The highest BCUT2D eigenvalue weighted by atomic mass is 16.3. The fraction of sp³-hybridized carbons (Fsp3) is 0.816. The molecule has 0 heterocycles. The second-order valence-corrected chi connectivity index (χ2v) is 16.1. The highest BCUT2D eigenvalue weighted by molar-refractivity contribution is 5.80. The molecule has 0 aliphatic carbocycles. The number of rotatable bonds is 42. The van der Waals surface area contributed by atoms with E-state index in [1.54, 1.807) is 0 Å². The molecule has 0 saturated carbocycles. The van der Waals surface area contributed by atoms with E-state index in [1.165, 1.54) is 141 Å². The van der Waals surface area contributed by atoms with Crippen molar-refractivity contribution in [1.29, 1.82) is 0 Å². The number of nitrogens with one attached hydrogen (secondary N) is 1. The number of amides is 1. The Kier molecular flexibility index (Phi) is 42.0. The molecule has 0 rings (SSSR count). The van der Waals surface area contributed by atoms with Crippen LogP contribution in [0.25, 0.3) is 0 Å². The van der Waals surface area contributed by atoms with Crippen LogP contribution in [0.5, 0.6) is 0 Å². The van der Waals surface area contributed by atoms with Crippen LogP contribution in [0.4, 0.5) is 0 Å². The van der Waals surface area contributed by atoms with Crippen LogP contribution < -0.4 is 5.32 Å². The molecule has 0 radical (unpaired) electrons. The molecule has 5 N–H and O–H groups in total. The second kappa shape index (κ2) is 43.4. The third-order valence-electron chi connectivity index (χ3n) is 10.7. The average molecular weight is 774 g/mol. The minimum Gasteiger partial charge on any atom is -0.394 e. The predicted molar refractivity (Wildman–Crippen MR) is 237 cm³/mol. The second-order valence-electron chi connectivity index (χ2n) is 16.1. The topological polar surface area (TPSA) is 110 Å². The van der Waals surface area contributed by atoms with Gasteiger partial charge in [0, 0.05) is 0 Å². The first kappa shape index (κ1) is 53.3. The Hall–Kier alpha value is -1.73. The lowest BCUT2D eigenvalue weighted by Crippen LogP contribution is -2.53. The Bertz CT molecular complexity index is 915. The zero-order valence-electron chi connectivity index (χ0n) is 36.2. The van der Waals surface area contributed by atoms with Gasteiger partial charge in [0.15, 0.2) is 0 Å². The summed E-state index contributed by atoms with van der Waals surface area (Å²) in [5.74, 6) is -0.604. The summed E-state index contributed by atoms with van der Waals surface area (Å²) in [7, 11) is 0. The highest BCUT2D eigenvalue weighted by Crippen LogP contribution is 2.15. The predicted octanol–water partition coefficient (Wildman–Crippen LogP) is 12.7. The van der Waals surface area contributed by atoms with Crippen molar-refractivity contribution >= 4 is 5.91 Å². The number of carbonyl (C=O) groups is 1. The Morgan fingerprint density at radius 1 is 0.436 bits per heavy atom. The molecule has 0 fully saturated rings. The standard InChI is InChI=1S/C49H91NO5/c1-3-5-7-9-11-13-15-17-19-21-22-23-24-25-26-27-29-31-33-35-37-39-41-43-47(53)49(55)50-45(44-51)48(54)46(52)42-40-38-36-34-32-30-28-20-18-16-14-12-10-8-6-4-2/h12,14,20,25-26,28,34,36,45-48,51-54H,3-11,13,15-19,21-24,27,29-33,35,37-44H2,1-2H3,(H,50,55)/b14-12+,26-25-,28-20+,36-34+. The van der Waals surface area contributed by atoms with Gasteiger partial charge in [-0.3, -0.25) is 4.79 Å². The molecule has 0 bridgehead atoms. The maximum absolute atomic E-state index is 12.5. The largest absolute Gasteiger partial charge is 0.394 e. The summed E-state index contributed by atoms with van der Waals surface area (Å²) in [4.78, 5) is 12.5. The molecule has 0 aliphatic rings. The van der Waals surface area contributed by atoms with E-state index < -0.39 is 36.9 Å². The number of hydrogen-bond acceptors (Lipinski definition) is 5. The molecule has 6 heteroatoms. The molecule has 0 aromatic carbocycles. The first-order valence-electron chi connectivity index (χ1n) is 23.5. The molecule has 4 atom stereocenters. The van der Waals surface area contributed by atoms with Crippen molar-refractivity contribution < 1.29 is 25.2 Å². The quantitative estimate of drug-likeness (QED) is 0.0313. The van der Waals surface area contributed by atoms with Crippen molar-refractivity contribution in [2.45, 2.75) is 250 Å². The zero-order chi connectivity index (χ0) is 40.3. The van der Waals surface area contributed by atoms with Gasteiger partial charge in [0.25, 0.3) is 0 Å². The van der Waals surface area contributed by atoms with Crippen LogP contribution in [0, 0.1) is 0 Å². The highest BCUT2D eigenvalue weighted by Gasteiger charge is 2.28. The van der Waals surface area contributed by atoms with Crippen LogP contribution in [0.3, 0.4) is 0 Å². The summed E-state index contributed by atoms with van der Waals surface area (Å²) in [6.45, 7) is 4.01. The van der Waals surface area contributed by atoms with Crippen LogP contribution >= 0.6 is 0 Å². The minimum atomic E-state index is -1.30. The van der Waals surface area contributed by atoms with E-state index in [4.69, 9.17) is 0 Å². The first-order chi connectivity index (χ1) is 27.0. The molecule has 0 saturated heterocycles. The summed E-state index contributed by atoms with van der Waals surface area (Å²) in [6.07, 6.45) is 52.9. The Morgan fingerprint density at radius 2 is 0.764 bits per heavy atom. The lowest BCUT2D eigenvalue weighted by atomic mass is 10.00. The lowest BCUT2D eigenvalue weighted by molar-refractivity contribution is -0.132. The van der Waals surface area contributed by atoms with Gasteiger partial charge in [-0.25, -0.2) is 0 Å². The van der Waals surface area contributed by atoms with E-state index in [-0.39, 0.29) is 0 Å². The van der Waals surface area contributed by atoms with E-state index in [9.17, 15) is 25.2 Å². The van der Waals surface area contributed by atoms with Gasteiger partial charge in [-0.1, -0.05) is 184 Å². The minimum absolute atomic E-state index is 0.352. The molecule has 1 amide bonds. The normalized spacial score (nSPS) is 14.5. The van der Waals surface area contributed by atoms with Gasteiger partial charge >= 0.3 is 0 Å². The van der Waals surface area contributed by atoms with Gasteiger partial charge in [-0.2, -0.15) is 0 Å². The number of hydrogen-bond donors (Lipinski definition) is 5. The molecular formula is C49H91NO5. The van der Waals surface area contributed by atoms with Crippen LogP contribution in [0.1, 0.15) is 226 Å². The van der Waals surface area contributed by atoms with E-state index in [0.717, 1.165) is 51.4 Å². The lowest BCUT2D eigenvalue weighted by Gasteiger charge is -2.27. The maximum Gasteiger partial charge on any atom is 0.249 e. The van der Waals surface area contributed by atoms with Crippen LogP contribution in [-0.2, 0) is 4.79 Å². The fourth-order valence-corrected chi connectivity index (χ4v) is 6.96. The van der Waals surface area contributed by atoms with Crippen LogP contribution in [0.15, 0.2) is 48.6 Å². The molecule has 4 unspecified atom stereocenters. The van der Waals surface area contributed by atoms with Gasteiger partial charge in [-0.05, 0) is 89.9 Å². The smallest absolute Gasteiger partial charge is 0.249 e. The molecule has 0 aliphatic heterocycles. The van der Waals surface area contributed by atoms with Gasteiger partial charge in [0.1, 0.15) is 12.2 Å². The molecular weight excluding hydrogens is 683 g/mol. The van der Waals surface area contributed by atoms with Crippen molar-refractivity contribution in [3.8, 4) is 0 Å². The van der Waals surface area contributed by atoms with Crippen molar-refractivity contribution in [3.63, 3.8) is 0 Å². The third-order valence-corrected chi connectivity index (χ3v) is 10.7. The van der Waals surface area contributed by atoms with Crippen LogP contribution in [0.2, 0.25) is 0 Å². The van der Waals surface area contributed by atoms with Crippen molar-refractivity contribution in [1.82, 2.24) is 5.32 Å². The Balaban J connectivity index is 3.77. The molecule has 0 spiro atoms. The van der Waals surface area contributed by atoms with E-state index in [1.807, 2.05) is 0 Å². The zero-order valence-corrected chi connectivity index (χ0v) is 36.2. The molecule has 0 aromatic heterocycles. The van der Waals surface area contributed by atoms with E-state index in [2.05, 4.69) is 67.8 Å². The molecule has 6 nitrogen and oxygen atoms in total. The number of unbranched alkanes of at least 4 members (excludes halogenated alkanes) is 25. The Morgan fingerprint density at radius 3 is 1.18 bits per heavy atom. The van der Waals surface area contributed by atoms with Gasteiger partial charge < -0.3 is 25.7 Å².